The van der Waals surface area contributed by atoms with Crippen molar-refractivity contribution in [2.24, 2.45) is 11.8 Å². The van der Waals surface area contributed by atoms with E-state index in [0.717, 1.165) is 86.6 Å². The number of H-pyrrole nitrogens is 2. The van der Waals surface area contributed by atoms with Crippen LogP contribution in [0.3, 0.4) is 0 Å². The van der Waals surface area contributed by atoms with Crippen LogP contribution in [0.2, 0.25) is 0 Å². The third kappa shape index (κ3) is 7.78. The Morgan fingerprint density at radius 1 is 0.661 bits per heavy atom. The van der Waals surface area contributed by atoms with Crippen LogP contribution in [-0.2, 0) is 14.3 Å². The molecule has 2 saturated heterocycles. The van der Waals surface area contributed by atoms with Crippen molar-refractivity contribution in [2.45, 2.75) is 77.5 Å². The number of nitrogens with one attached hydrogen (secondary N) is 4. The molecule has 5 N–H and O–H groups in total. The Hall–Kier alpha value is -6.44. The van der Waals surface area contributed by atoms with Gasteiger partial charge in [-0.15, -0.1) is 0 Å². The third-order valence-corrected chi connectivity index (χ3v) is 11.8. The second-order valence-electron chi connectivity index (χ2n) is 16.4. The van der Waals surface area contributed by atoms with Gasteiger partial charge in [0.05, 0.1) is 41.3 Å². The van der Waals surface area contributed by atoms with E-state index in [0.29, 0.717) is 18.9 Å². The lowest BCUT2D eigenvalue weighted by molar-refractivity contribution is -0.136. The summed E-state index contributed by atoms with van der Waals surface area (Å²) in [4.78, 5) is 71.0. The quantitative estimate of drug-likeness (QED) is 0.0925. The molecule has 0 spiro atoms. The summed E-state index contributed by atoms with van der Waals surface area (Å²) < 4.78 is 4.78. The second-order valence-corrected chi connectivity index (χ2v) is 16.4. The molecule has 4 amide bonds. The minimum Gasteiger partial charge on any atom is -0.465 e. The van der Waals surface area contributed by atoms with Gasteiger partial charge in [-0.25, -0.2) is 19.6 Å². The van der Waals surface area contributed by atoms with Crippen molar-refractivity contribution in [3.63, 3.8) is 0 Å². The predicted molar refractivity (Wildman–Crippen MR) is 225 cm³/mol. The summed E-state index contributed by atoms with van der Waals surface area (Å²) in [5, 5.41) is 16.7. The number of carboxylic acid groups (broad SMARTS) is 1. The molecule has 2 aromatic heterocycles. The minimum atomic E-state index is -1.21. The maximum atomic E-state index is 13.7. The van der Waals surface area contributed by atoms with Gasteiger partial charge < -0.3 is 40.2 Å². The number of hydrogen-bond donors (Lipinski definition) is 5. The second kappa shape index (κ2) is 16.1. The van der Waals surface area contributed by atoms with Crippen LogP contribution in [-0.4, -0.2) is 91.1 Å². The smallest absolute Gasteiger partial charge is 0.407 e. The van der Waals surface area contributed by atoms with Gasteiger partial charge in [-0.1, -0.05) is 64.1 Å². The molecule has 0 saturated carbocycles. The van der Waals surface area contributed by atoms with Gasteiger partial charge in [-0.2, -0.15) is 0 Å². The Kier molecular flexibility index (Phi) is 10.7. The number of imidazole rings is 2. The van der Waals surface area contributed by atoms with Crippen LogP contribution in [0.4, 0.5) is 9.59 Å². The molecule has 8 rings (SSSR count). The summed E-state index contributed by atoms with van der Waals surface area (Å²) in [6.45, 7) is 8.62. The predicted octanol–water partition coefficient (Wildman–Crippen LogP) is 7.93. The van der Waals surface area contributed by atoms with Gasteiger partial charge in [0.25, 0.3) is 0 Å². The molecule has 2 unspecified atom stereocenters. The molecule has 0 aliphatic carbocycles. The maximum absolute atomic E-state index is 13.7. The number of methoxy groups -OCH3 is 1. The van der Waals surface area contributed by atoms with Gasteiger partial charge in [0.1, 0.15) is 23.7 Å². The van der Waals surface area contributed by atoms with Crippen molar-refractivity contribution in [1.29, 1.82) is 0 Å². The van der Waals surface area contributed by atoms with E-state index in [9.17, 15) is 24.3 Å². The highest BCUT2D eigenvalue weighted by Crippen LogP contribution is 2.36. The van der Waals surface area contributed by atoms with Gasteiger partial charge >= 0.3 is 12.2 Å². The summed E-state index contributed by atoms with van der Waals surface area (Å²) in [6, 6.07) is 23.2. The van der Waals surface area contributed by atoms with Gasteiger partial charge in [0.15, 0.2) is 0 Å². The number of likely N-dealkylation sites (tertiary alicyclic amines) is 2. The third-order valence-electron chi connectivity index (χ3n) is 11.8. The number of rotatable bonds is 10. The van der Waals surface area contributed by atoms with E-state index in [-0.39, 0.29) is 35.7 Å². The molecule has 4 atom stereocenters. The summed E-state index contributed by atoms with van der Waals surface area (Å²) in [5.41, 5.74) is 7.53. The number of nitrogens with zero attached hydrogens (tertiary/aromatic N) is 4. The fourth-order valence-electron chi connectivity index (χ4n) is 8.67. The fourth-order valence-corrected chi connectivity index (χ4v) is 8.67. The summed E-state index contributed by atoms with van der Waals surface area (Å²) in [7, 11) is 1.29. The van der Waals surface area contributed by atoms with Crippen LogP contribution >= 0.6 is 0 Å². The average molecular weight is 799 g/mol. The van der Waals surface area contributed by atoms with Crippen LogP contribution in [0.5, 0.6) is 0 Å². The molecule has 2 aliphatic heterocycles. The zero-order chi connectivity index (χ0) is 41.5. The average Bonchev–Trinajstić information content (AvgIpc) is 4.05. The highest BCUT2D eigenvalue weighted by atomic mass is 16.5. The number of carbonyl (C=O) groups excluding carboxylic acids is 3. The van der Waals surface area contributed by atoms with E-state index in [1.54, 1.807) is 4.90 Å². The molecule has 2 fully saturated rings. The highest BCUT2D eigenvalue weighted by Gasteiger charge is 2.39. The van der Waals surface area contributed by atoms with E-state index >= 15 is 0 Å². The topological polar surface area (TPSA) is 186 Å². The largest absolute Gasteiger partial charge is 0.465 e. The zero-order valence-corrected chi connectivity index (χ0v) is 33.9. The zero-order valence-electron chi connectivity index (χ0n) is 33.9. The molecule has 4 heterocycles. The SMILES string of the molecule is COC(=O)NC(C(=O)N1CCC[C@H]1c1nc2ccc(-c3ccc4ccc(-c5ccc6nc([C@@H]7CCCN7C(=O)C(NC(=O)O)C(C)C)[nH]c6c5)cc4c3)cc2[nH]1)C(C)C. The lowest BCUT2D eigenvalue weighted by Crippen LogP contribution is -2.51. The number of ether oxygens (including phenoxy) is 1. The van der Waals surface area contributed by atoms with Crippen LogP contribution in [0, 0.1) is 11.8 Å². The number of hydrogen-bond acceptors (Lipinski definition) is 7. The van der Waals surface area contributed by atoms with E-state index < -0.39 is 24.3 Å². The van der Waals surface area contributed by atoms with Crippen LogP contribution in [0.1, 0.15) is 77.1 Å². The lowest BCUT2D eigenvalue weighted by atomic mass is 9.97. The summed E-state index contributed by atoms with van der Waals surface area (Å²) in [5.74, 6) is 0.753. The highest BCUT2D eigenvalue weighted by molar-refractivity contribution is 5.93. The normalized spacial score (nSPS) is 17.9. The Bertz CT molecular complexity index is 2580. The number of fused-ring (bicyclic) bond motifs is 3. The monoisotopic (exact) mass is 798 g/mol. The van der Waals surface area contributed by atoms with Gasteiger partial charge in [-0.3, -0.25) is 9.59 Å². The number of aromatic amines is 2. The molecular weight excluding hydrogens is 749 g/mol. The van der Waals surface area contributed by atoms with Crippen molar-refractivity contribution in [3.05, 3.63) is 84.4 Å². The van der Waals surface area contributed by atoms with Crippen molar-refractivity contribution in [1.82, 2.24) is 40.4 Å². The first-order valence-corrected chi connectivity index (χ1v) is 20.4. The molecule has 306 valence electrons. The van der Waals surface area contributed by atoms with Crippen molar-refractivity contribution < 1.29 is 29.0 Å². The Morgan fingerprint density at radius 3 is 1.54 bits per heavy atom. The van der Waals surface area contributed by atoms with Crippen LogP contribution in [0.15, 0.2) is 72.8 Å². The number of carbonyl (C=O) groups is 4. The molecule has 14 nitrogen and oxygen atoms in total. The van der Waals surface area contributed by atoms with Crippen LogP contribution < -0.4 is 10.6 Å². The van der Waals surface area contributed by atoms with Crippen LogP contribution in [0.25, 0.3) is 55.1 Å². The molecule has 14 heteroatoms. The number of alkyl carbamates (subject to hydrolysis) is 1. The minimum absolute atomic E-state index is 0.115. The lowest BCUT2D eigenvalue weighted by Gasteiger charge is -2.29. The first-order valence-electron chi connectivity index (χ1n) is 20.4. The summed E-state index contributed by atoms with van der Waals surface area (Å²) in [6.07, 6.45) is 1.33. The number of amides is 4. The van der Waals surface area contributed by atoms with Crippen molar-refractivity contribution in [2.75, 3.05) is 20.2 Å². The van der Waals surface area contributed by atoms with Gasteiger partial charge in [0, 0.05) is 13.1 Å². The number of aromatic nitrogens is 4. The molecule has 59 heavy (non-hydrogen) atoms. The van der Waals surface area contributed by atoms with Crippen molar-refractivity contribution >= 4 is 56.8 Å². The molecule has 0 bridgehead atoms. The molecule has 2 aliphatic rings. The Labute approximate surface area is 341 Å². The first kappa shape index (κ1) is 39.4. The first-order chi connectivity index (χ1) is 28.4. The van der Waals surface area contributed by atoms with E-state index in [1.165, 1.54) is 7.11 Å². The van der Waals surface area contributed by atoms with Gasteiger partial charge in [0.2, 0.25) is 11.8 Å². The van der Waals surface area contributed by atoms with E-state index in [1.807, 2.05) is 44.7 Å². The summed E-state index contributed by atoms with van der Waals surface area (Å²) >= 11 is 0. The fraction of sp³-hybridized carbons (Fsp3) is 0.378. The van der Waals surface area contributed by atoms with Gasteiger partial charge in [-0.05, 0) is 107 Å². The maximum Gasteiger partial charge on any atom is 0.407 e. The molecule has 4 aromatic carbocycles. The molecule has 0 radical (unpaired) electrons. The molecular formula is C45H50N8O6. The van der Waals surface area contributed by atoms with E-state index in [2.05, 4.69) is 81.3 Å². The Balaban J connectivity index is 1.02. The Morgan fingerprint density at radius 2 is 1.10 bits per heavy atom. The molecule has 6 aromatic rings. The van der Waals surface area contributed by atoms with Crippen molar-refractivity contribution in [3.8, 4) is 22.3 Å². The van der Waals surface area contributed by atoms with E-state index in [4.69, 9.17) is 14.7 Å². The number of benzene rings is 4. The standard InChI is InChI=1S/C45H50N8O6/c1-24(2)38(50-44(56)57)42(54)52-18-6-8-36(52)40-46-32-16-14-29(22-34(32)48-40)27-12-10-26-11-13-28(21-31(26)20-27)30-15-17-33-35(23-30)49-41(47-33)37-9-7-19-53(37)43(55)39(25(3)4)51-45(58)59-5/h10-17,20-25,36-39,50H,6-9,18-19H2,1-5H3,(H,46,48)(H,47,49)(H,51,58)(H,56,57)/t36-,37-,38?,39?/m0/s1.